The molecule has 1 aromatic heterocycles. The third-order valence-corrected chi connectivity index (χ3v) is 3.34. The molecule has 0 saturated heterocycles. The Bertz CT molecular complexity index is 584. The number of nitrogens with one attached hydrogen (secondary N) is 2. The van der Waals surface area contributed by atoms with Gasteiger partial charge in [-0.2, -0.15) is 0 Å². The van der Waals surface area contributed by atoms with Gasteiger partial charge < -0.3 is 10.6 Å². The summed E-state index contributed by atoms with van der Waals surface area (Å²) in [5, 5.41) is 13.6. The maximum absolute atomic E-state index is 13.5. The standard InChI is InChI=1S/C11H10ClFN4OS/c1-2-14-11-17-16-10(19-11)9(18)15-8-6(12)4-3-5-7(8)13/h3-5H,2H2,1H3,(H,14,17)(H,15,18). The maximum atomic E-state index is 13.5. The van der Waals surface area contributed by atoms with Gasteiger partial charge in [-0.15, -0.1) is 10.2 Å². The van der Waals surface area contributed by atoms with Gasteiger partial charge in [0.25, 0.3) is 5.91 Å². The van der Waals surface area contributed by atoms with E-state index >= 15 is 0 Å². The summed E-state index contributed by atoms with van der Waals surface area (Å²) in [6.07, 6.45) is 0. The highest BCUT2D eigenvalue weighted by Gasteiger charge is 2.16. The zero-order chi connectivity index (χ0) is 13.8. The Morgan fingerprint density at radius 3 is 2.95 bits per heavy atom. The van der Waals surface area contributed by atoms with Crippen molar-refractivity contribution in [2.24, 2.45) is 0 Å². The smallest absolute Gasteiger partial charge is 0.286 e. The van der Waals surface area contributed by atoms with Gasteiger partial charge in [-0.3, -0.25) is 4.79 Å². The average molecular weight is 301 g/mol. The lowest BCUT2D eigenvalue weighted by molar-refractivity contribution is 0.102. The van der Waals surface area contributed by atoms with E-state index in [-0.39, 0.29) is 15.7 Å². The predicted octanol–water partition coefficient (Wildman–Crippen LogP) is 3.01. The first-order valence-electron chi connectivity index (χ1n) is 5.44. The monoisotopic (exact) mass is 300 g/mol. The van der Waals surface area contributed by atoms with Crippen molar-refractivity contribution in [2.45, 2.75) is 6.92 Å². The molecule has 0 bridgehead atoms. The van der Waals surface area contributed by atoms with Crippen LogP contribution in [0.3, 0.4) is 0 Å². The molecule has 1 heterocycles. The van der Waals surface area contributed by atoms with E-state index in [4.69, 9.17) is 11.6 Å². The van der Waals surface area contributed by atoms with E-state index in [0.29, 0.717) is 11.7 Å². The Kier molecular flexibility index (Phi) is 4.28. The van der Waals surface area contributed by atoms with Gasteiger partial charge in [-0.05, 0) is 19.1 Å². The first-order valence-corrected chi connectivity index (χ1v) is 6.64. The van der Waals surface area contributed by atoms with Crippen molar-refractivity contribution in [1.29, 1.82) is 0 Å². The van der Waals surface area contributed by atoms with Crippen LogP contribution in [0.2, 0.25) is 5.02 Å². The average Bonchev–Trinajstić information content (AvgIpc) is 2.83. The van der Waals surface area contributed by atoms with E-state index in [1.54, 1.807) is 0 Å². The van der Waals surface area contributed by atoms with Gasteiger partial charge in [0.1, 0.15) is 5.82 Å². The number of aromatic nitrogens is 2. The normalized spacial score (nSPS) is 10.3. The number of carbonyl (C=O) groups excluding carboxylic acids is 1. The summed E-state index contributed by atoms with van der Waals surface area (Å²) in [6, 6.07) is 4.16. The first kappa shape index (κ1) is 13.7. The number of rotatable bonds is 4. The minimum absolute atomic E-state index is 0.0608. The van der Waals surface area contributed by atoms with Gasteiger partial charge in [0.05, 0.1) is 10.7 Å². The highest BCUT2D eigenvalue weighted by Crippen LogP contribution is 2.25. The summed E-state index contributed by atoms with van der Waals surface area (Å²) in [5.74, 6) is -1.15. The van der Waals surface area contributed by atoms with Crippen LogP contribution in [0, 0.1) is 5.82 Å². The molecule has 0 unspecified atom stereocenters. The molecule has 0 atom stereocenters. The molecule has 0 saturated carbocycles. The number of benzene rings is 1. The second-order valence-electron chi connectivity index (χ2n) is 3.49. The number of para-hydroxylation sites is 1. The molecule has 19 heavy (non-hydrogen) atoms. The molecule has 2 aromatic rings. The summed E-state index contributed by atoms with van der Waals surface area (Å²) >= 11 is 6.90. The molecule has 5 nitrogen and oxygen atoms in total. The molecule has 0 radical (unpaired) electrons. The van der Waals surface area contributed by atoms with Crippen LogP contribution in [0.4, 0.5) is 15.2 Å². The topological polar surface area (TPSA) is 66.9 Å². The molecule has 1 amide bonds. The largest absolute Gasteiger partial charge is 0.360 e. The van der Waals surface area contributed by atoms with Gasteiger partial charge >= 0.3 is 0 Å². The number of hydrogen-bond acceptors (Lipinski definition) is 5. The quantitative estimate of drug-likeness (QED) is 0.911. The van der Waals surface area contributed by atoms with E-state index in [9.17, 15) is 9.18 Å². The maximum Gasteiger partial charge on any atom is 0.286 e. The molecule has 0 aliphatic heterocycles. The van der Waals surface area contributed by atoms with Crippen molar-refractivity contribution in [3.63, 3.8) is 0 Å². The SMILES string of the molecule is CCNc1nnc(C(=O)Nc2c(F)cccc2Cl)s1. The lowest BCUT2D eigenvalue weighted by Crippen LogP contribution is -2.13. The Morgan fingerprint density at radius 1 is 1.47 bits per heavy atom. The van der Waals surface area contributed by atoms with Crippen LogP contribution < -0.4 is 10.6 Å². The molecule has 8 heteroatoms. The van der Waals surface area contributed by atoms with Crippen LogP contribution >= 0.6 is 22.9 Å². The third-order valence-electron chi connectivity index (χ3n) is 2.15. The molecule has 2 rings (SSSR count). The van der Waals surface area contributed by atoms with Crippen molar-refractivity contribution >= 4 is 39.7 Å². The number of nitrogens with zero attached hydrogens (tertiary/aromatic N) is 2. The van der Waals surface area contributed by atoms with Crippen molar-refractivity contribution in [3.8, 4) is 0 Å². The van der Waals surface area contributed by atoms with Gasteiger partial charge in [-0.1, -0.05) is 29.0 Å². The van der Waals surface area contributed by atoms with Gasteiger partial charge in [0.15, 0.2) is 0 Å². The zero-order valence-corrected chi connectivity index (χ0v) is 11.5. The van der Waals surface area contributed by atoms with Crippen LogP contribution in [0.1, 0.15) is 16.7 Å². The predicted molar refractivity (Wildman–Crippen MR) is 73.4 cm³/mol. The van der Waals surface area contributed by atoms with Crippen LogP contribution in [0.5, 0.6) is 0 Å². The molecule has 0 aliphatic carbocycles. The van der Waals surface area contributed by atoms with Gasteiger partial charge in [0.2, 0.25) is 10.1 Å². The Balaban J connectivity index is 2.16. The number of carbonyl (C=O) groups is 1. The van der Waals surface area contributed by atoms with Gasteiger partial charge in [0, 0.05) is 6.54 Å². The highest BCUT2D eigenvalue weighted by molar-refractivity contribution is 7.17. The summed E-state index contributed by atoms with van der Waals surface area (Å²) in [5.41, 5.74) is -0.0608. The lowest BCUT2D eigenvalue weighted by Gasteiger charge is -2.05. The fraction of sp³-hybridized carbons (Fsp3) is 0.182. The third kappa shape index (κ3) is 3.18. The van der Waals surface area contributed by atoms with Crippen molar-refractivity contribution in [3.05, 3.63) is 34.0 Å². The Morgan fingerprint density at radius 2 is 2.26 bits per heavy atom. The molecule has 100 valence electrons. The van der Waals surface area contributed by atoms with E-state index in [1.165, 1.54) is 18.2 Å². The van der Waals surface area contributed by atoms with Crippen LogP contribution in [0.15, 0.2) is 18.2 Å². The molecular weight excluding hydrogens is 291 g/mol. The number of amides is 1. The molecule has 0 aliphatic rings. The summed E-state index contributed by atoms with van der Waals surface area (Å²) in [6.45, 7) is 2.58. The molecule has 1 aromatic carbocycles. The van der Waals surface area contributed by atoms with Crippen molar-refractivity contribution < 1.29 is 9.18 Å². The molecule has 0 fully saturated rings. The van der Waals surface area contributed by atoms with Crippen LogP contribution in [-0.4, -0.2) is 22.6 Å². The Labute approximate surface area is 117 Å². The molecular formula is C11H10ClFN4OS. The second kappa shape index (κ2) is 5.94. The number of halogens is 2. The van der Waals surface area contributed by atoms with Crippen LogP contribution in [0.25, 0.3) is 0 Å². The zero-order valence-electron chi connectivity index (χ0n) is 9.91. The molecule has 0 spiro atoms. The van der Waals surface area contributed by atoms with Crippen LogP contribution in [-0.2, 0) is 0 Å². The van der Waals surface area contributed by atoms with E-state index in [1.807, 2.05) is 6.92 Å². The summed E-state index contributed by atoms with van der Waals surface area (Å²) in [4.78, 5) is 11.9. The highest BCUT2D eigenvalue weighted by atomic mass is 35.5. The Hall–Kier alpha value is -1.73. The molecule has 2 N–H and O–H groups in total. The summed E-state index contributed by atoms with van der Waals surface area (Å²) in [7, 11) is 0. The second-order valence-corrected chi connectivity index (χ2v) is 4.88. The number of hydrogen-bond donors (Lipinski definition) is 2. The van der Waals surface area contributed by atoms with E-state index in [0.717, 1.165) is 11.3 Å². The minimum atomic E-state index is -0.600. The van der Waals surface area contributed by atoms with E-state index < -0.39 is 11.7 Å². The fourth-order valence-electron chi connectivity index (χ4n) is 1.32. The van der Waals surface area contributed by atoms with E-state index in [2.05, 4.69) is 20.8 Å². The lowest BCUT2D eigenvalue weighted by atomic mass is 10.3. The fourth-order valence-corrected chi connectivity index (χ4v) is 2.24. The van der Waals surface area contributed by atoms with Crippen molar-refractivity contribution in [2.75, 3.05) is 17.2 Å². The van der Waals surface area contributed by atoms with Gasteiger partial charge in [-0.25, -0.2) is 4.39 Å². The first-order chi connectivity index (χ1) is 9.11. The number of anilines is 2. The summed E-state index contributed by atoms with van der Waals surface area (Å²) < 4.78 is 13.5. The minimum Gasteiger partial charge on any atom is -0.360 e. The van der Waals surface area contributed by atoms with Crippen molar-refractivity contribution in [1.82, 2.24) is 10.2 Å².